The number of nitrogens with zero attached hydrogens (tertiary/aromatic N) is 3. The standard InChI is InChI=1S/C27H23FN4O2/c1-19-7-9-20(10-8-19)18-32(27(34)24-17-29-15-16-30-24)25(21-5-3-2-4-6-21)26(33)31-23-13-11-22(28)12-14-23/h2-17,25H,18H2,1H3,(H,31,33)/t25-/m1/s1. The molecule has 170 valence electrons. The summed E-state index contributed by atoms with van der Waals surface area (Å²) in [4.78, 5) is 36.9. The number of nitrogens with one attached hydrogen (secondary N) is 1. The smallest absolute Gasteiger partial charge is 0.275 e. The van der Waals surface area contributed by atoms with Crippen LogP contribution in [-0.2, 0) is 11.3 Å². The second kappa shape index (κ2) is 10.5. The van der Waals surface area contributed by atoms with Crippen molar-refractivity contribution in [3.05, 3.63) is 126 Å². The van der Waals surface area contributed by atoms with E-state index in [1.54, 1.807) is 12.1 Å². The van der Waals surface area contributed by atoms with E-state index >= 15 is 0 Å². The first-order valence-electron chi connectivity index (χ1n) is 10.7. The van der Waals surface area contributed by atoms with Crippen molar-refractivity contribution in [2.24, 2.45) is 0 Å². The average molecular weight is 455 g/mol. The predicted molar refractivity (Wildman–Crippen MR) is 127 cm³/mol. The largest absolute Gasteiger partial charge is 0.324 e. The Bertz CT molecular complexity index is 1250. The van der Waals surface area contributed by atoms with E-state index in [1.165, 1.54) is 47.8 Å². The van der Waals surface area contributed by atoms with Gasteiger partial charge in [-0.15, -0.1) is 0 Å². The summed E-state index contributed by atoms with van der Waals surface area (Å²) >= 11 is 0. The number of benzene rings is 3. The Morgan fingerprint density at radius 3 is 2.29 bits per heavy atom. The van der Waals surface area contributed by atoms with Crippen LogP contribution in [0.1, 0.15) is 33.2 Å². The van der Waals surface area contributed by atoms with Crippen molar-refractivity contribution < 1.29 is 14.0 Å². The van der Waals surface area contributed by atoms with Gasteiger partial charge in [0, 0.05) is 24.6 Å². The third-order valence-corrected chi connectivity index (χ3v) is 5.30. The van der Waals surface area contributed by atoms with E-state index in [1.807, 2.05) is 49.4 Å². The highest BCUT2D eigenvalue weighted by Crippen LogP contribution is 2.27. The number of halogens is 1. The monoisotopic (exact) mass is 454 g/mol. The Balaban J connectivity index is 1.76. The summed E-state index contributed by atoms with van der Waals surface area (Å²) in [6.45, 7) is 2.15. The Kier molecular flexibility index (Phi) is 7.03. The van der Waals surface area contributed by atoms with E-state index in [-0.39, 0.29) is 12.2 Å². The van der Waals surface area contributed by atoms with Gasteiger partial charge < -0.3 is 10.2 Å². The van der Waals surface area contributed by atoms with Crippen molar-refractivity contribution in [3.63, 3.8) is 0 Å². The van der Waals surface area contributed by atoms with Crippen LogP contribution < -0.4 is 5.32 Å². The summed E-state index contributed by atoms with van der Waals surface area (Å²) in [5.41, 5.74) is 3.13. The number of anilines is 1. The SMILES string of the molecule is Cc1ccc(CN(C(=O)c2cnccn2)[C@@H](C(=O)Nc2ccc(F)cc2)c2ccccc2)cc1. The molecule has 0 radical (unpaired) electrons. The van der Waals surface area contributed by atoms with Crippen molar-refractivity contribution in [2.45, 2.75) is 19.5 Å². The van der Waals surface area contributed by atoms with Gasteiger partial charge in [-0.05, 0) is 42.3 Å². The average Bonchev–Trinajstić information content (AvgIpc) is 2.87. The Morgan fingerprint density at radius 1 is 0.941 bits per heavy atom. The third-order valence-electron chi connectivity index (χ3n) is 5.30. The molecule has 7 heteroatoms. The van der Waals surface area contributed by atoms with Crippen LogP contribution in [0.5, 0.6) is 0 Å². The quantitative estimate of drug-likeness (QED) is 0.429. The van der Waals surface area contributed by atoms with E-state index in [0.29, 0.717) is 11.3 Å². The molecule has 0 spiro atoms. The maximum absolute atomic E-state index is 13.6. The van der Waals surface area contributed by atoms with Gasteiger partial charge in [-0.3, -0.25) is 14.6 Å². The molecule has 34 heavy (non-hydrogen) atoms. The molecule has 4 aromatic rings. The predicted octanol–water partition coefficient (Wildman–Crippen LogP) is 4.95. The molecular weight excluding hydrogens is 431 g/mol. The second-order valence-corrected chi connectivity index (χ2v) is 7.82. The fraction of sp³-hybridized carbons (Fsp3) is 0.111. The molecule has 1 heterocycles. The Hall–Kier alpha value is -4.39. The molecule has 0 bridgehead atoms. The fourth-order valence-electron chi connectivity index (χ4n) is 3.58. The van der Waals surface area contributed by atoms with Crippen LogP contribution in [0, 0.1) is 12.7 Å². The van der Waals surface area contributed by atoms with Gasteiger partial charge in [-0.1, -0.05) is 60.2 Å². The molecule has 0 saturated heterocycles. The summed E-state index contributed by atoms with van der Waals surface area (Å²) in [5, 5.41) is 2.81. The van der Waals surface area contributed by atoms with Crippen molar-refractivity contribution in [2.75, 3.05) is 5.32 Å². The lowest BCUT2D eigenvalue weighted by atomic mass is 10.0. The molecule has 1 atom stereocenters. The van der Waals surface area contributed by atoms with Crippen molar-refractivity contribution in [1.82, 2.24) is 14.9 Å². The summed E-state index contributed by atoms with van der Waals surface area (Å²) in [7, 11) is 0. The number of amides is 2. The minimum absolute atomic E-state index is 0.130. The first-order chi connectivity index (χ1) is 16.5. The zero-order chi connectivity index (χ0) is 23.9. The third kappa shape index (κ3) is 5.50. The van der Waals surface area contributed by atoms with Crippen LogP contribution in [0.2, 0.25) is 0 Å². The molecule has 0 aliphatic carbocycles. The number of hydrogen-bond donors (Lipinski definition) is 1. The highest BCUT2D eigenvalue weighted by atomic mass is 19.1. The van der Waals surface area contributed by atoms with E-state index in [0.717, 1.165) is 11.1 Å². The van der Waals surface area contributed by atoms with Gasteiger partial charge in [-0.25, -0.2) is 9.37 Å². The first-order valence-corrected chi connectivity index (χ1v) is 10.7. The number of aryl methyl sites for hydroxylation is 1. The molecule has 6 nitrogen and oxygen atoms in total. The van der Waals surface area contributed by atoms with Crippen LogP contribution in [0.15, 0.2) is 97.5 Å². The highest BCUT2D eigenvalue weighted by molar-refractivity contribution is 6.00. The zero-order valence-corrected chi connectivity index (χ0v) is 18.6. The van der Waals surface area contributed by atoms with Crippen LogP contribution in [-0.4, -0.2) is 26.7 Å². The van der Waals surface area contributed by atoms with E-state index in [9.17, 15) is 14.0 Å². The highest BCUT2D eigenvalue weighted by Gasteiger charge is 2.33. The fourth-order valence-corrected chi connectivity index (χ4v) is 3.58. The minimum atomic E-state index is -0.970. The molecule has 2 amide bonds. The summed E-state index contributed by atoms with van der Waals surface area (Å²) < 4.78 is 13.4. The lowest BCUT2D eigenvalue weighted by Gasteiger charge is -2.31. The van der Waals surface area contributed by atoms with Crippen LogP contribution in [0.3, 0.4) is 0 Å². The molecule has 0 unspecified atom stereocenters. The normalized spacial score (nSPS) is 11.5. The van der Waals surface area contributed by atoms with Crippen molar-refractivity contribution >= 4 is 17.5 Å². The molecule has 3 aromatic carbocycles. The zero-order valence-electron chi connectivity index (χ0n) is 18.6. The topological polar surface area (TPSA) is 75.2 Å². The van der Waals surface area contributed by atoms with Crippen molar-refractivity contribution in [3.8, 4) is 0 Å². The maximum Gasteiger partial charge on any atom is 0.275 e. The summed E-state index contributed by atoms with van der Waals surface area (Å²) in [6.07, 6.45) is 4.30. The van der Waals surface area contributed by atoms with Gasteiger partial charge in [0.1, 0.15) is 17.6 Å². The van der Waals surface area contributed by atoms with Crippen molar-refractivity contribution in [1.29, 1.82) is 0 Å². The van der Waals surface area contributed by atoms with E-state index < -0.39 is 23.7 Å². The molecular formula is C27H23FN4O2. The molecule has 0 aliphatic heterocycles. The van der Waals surface area contributed by atoms with Gasteiger partial charge in [0.05, 0.1) is 6.20 Å². The molecule has 0 saturated carbocycles. The lowest BCUT2D eigenvalue weighted by molar-refractivity contribution is -0.121. The van der Waals surface area contributed by atoms with E-state index in [4.69, 9.17) is 0 Å². The Morgan fingerprint density at radius 2 is 1.65 bits per heavy atom. The summed E-state index contributed by atoms with van der Waals surface area (Å²) in [6, 6.07) is 21.3. The number of hydrogen-bond acceptors (Lipinski definition) is 4. The molecule has 4 rings (SSSR count). The van der Waals surface area contributed by atoms with Gasteiger partial charge in [0.15, 0.2) is 0 Å². The molecule has 0 aliphatic rings. The van der Waals surface area contributed by atoms with Gasteiger partial charge in [0.2, 0.25) is 0 Å². The van der Waals surface area contributed by atoms with Crippen LogP contribution >= 0.6 is 0 Å². The van der Waals surface area contributed by atoms with Gasteiger partial charge in [-0.2, -0.15) is 0 Å². The molecule has 0 fully saturated rings. The minimum Gasteiger partial charge on any atom is -0.324 e. The summed E-state index contributed by atoms with van der Waals surface area (Å²) in [5.74, 6) is -1.27. The van der Waals surface area contributed by atoms with Crippen LogP contribution in [0.4, 0.5) is 10.1 Å². The number of carbonyl (C=O) groups excluding carboxylic acids is 2. The Labute approximate surface area is 197 Å². The van der Waals surface area contributed by atoms with Crippen LogP contribution in [0.25, 0.3) is 0 Å². The van der Waals surface area contributed by atoms with Gasteiger partial charge >= 0.3 is 0 Å². The first kappa shape index (κ1) is 22.8. The second-order valence-electron chi connectivity index (χ2n) is 7.82. The van der Waals surface area contributed by atoms with E-state index in [2.05, 4.69) is 15.3 Å². The maximum atomic E-state index is 13.6. The number of carbonyl (C=O) groups is 2. The number of rotatable bonds is 7. The molecule has 1 aromatic heterocycles. The molecule has 1 N–H and O–H groups in total. The van der Waals surface area contributed by atoms with Gasteiger partial charge in [0.25, 0.3) is 11.8 Å². The number of aromatic nitrogens is 2. The lowest BCUT2D eigenvalue weighted by Crippen LogP contribution is -2.41.